The zero-order valence-electron chi connectivity index (χ0n) is 6.66. The fraction of sp³-hybridized carbons (Fsp3) is 0.667. The molecular formula is C6H13NO4. The summed E-state index contributed by atoms with van der Waals surface area (Å²) in [6.07, 6.45) is -0.545. The van der Waals surface area contributed by atoms with Crippen LogP contribution in [0.15, 0.2) is 0 Å². The van der Waals surface area contributed by atoms with E-state index >= 15 is 0 Å². The molecule has 1 atom stereocenters. The van der Waals surface area contributed by atoms with Gasteiger partial charge in [0.15, 0.2) is 0 Å². The standard InChI is InChI=1S/C5H11NO3.CH2O/c1-4(7)3-9-6-5(2)8;1-2/h4,7H,3H2,1-2H3,(H,6,8);1H2. The topological polar surface area (TPSA) is 75.6 Å². The van der Waals surface area contributed by atoms with Gasteiger partial charge in [0.2, 0.25) is 5.91 Å². The average Bonchev–Trinajstić information content (AvgIpc) is 1.90. The maximum atomic E-state index is 10.1. The molecule has 1 amide bonds. The molecule has 0 aliphatic carbocycles. The van der Waals surface area contributed by atoms with Crippen molar-refractivity contribution in [2.45, 2.75) is 20.0 Å². The van der Waals surface area contributed by atoms with Crippen molar-refractivity contribution in [2.24, 2.45) is 0 Å². The third-order valence-corrected chi connectivity index (χ3v) is 0.540. The van der Waals surface area contributed by atoms with Crippen molar-refractivity contribution >= 4 is 12.7 Å². The van der Waals surface area contributed by atoms with Gasteiger partial charge in [-0.15, -0.1) is 0 Å². The highest BCUT2D eigenvalue weighted by atomic mass is 16.7. The SMILES string of the molecule is C=O.CC(=O)NOCC(C)O. The second-order valence-electron chi connectivity index (χ2n) is 1.82. The molecule has 5 heteroatoms. The van der Waals surface area contributed by atoms with Gasteiger partial charge in [-0.05, 0) is 6.92 Å². The molecule has 0 aromatic rings. The molecule has 66 valence electrons. The van der Waals surface area contributed by atoms with Crippen molar-refractivity contribution in [3.8, 4) is 0 Å². The van der Waals surface area contributed by atoms with Gasteiger partial charge in [-0.25, -0.2) is 5.48 Å². The van der Waals surface area contributed by atoms with Crippen molar-refractivity contribution in [3.63, 3.8) is 0 Å². The van der Waals surface area contributed by atoms with Crippen LogP contribution in [0.25, 0.3) is 0 Å². The Kier molecular flexibility index (Phi) is 10.5. The molecular weight excluding hydrogens is 150 g/mol. The number of nitrogens with one attached hydrogen (secondary N) is 1. The monoisotopic (exact) mass is 163 g/mol. The summed E-state index contributed by atoms with van der Waals surface area (Å²) in [5.74, 6) is -0.268. The molecule has 0 radical (unpaired) electrons. The number of hydroxylamine groups is 1. The predicted octanol–water partition coefficient (Wildman–Crippen LogP) is -0.750. The third kappa shape index (κ3) is 17.6. The Hall–Kier alpha value is -0.940. The summed E-state index contributed by atoms with van der Waals surface area (Å²) < 4.78 is 0. The molecule has 11 heavy (non-hydrogen) atoms. The second kappa shape index (κ2) is 9.06. The molecule has 0 heterocycles. The first-order valence-electron chi connectivity index (χ1n) is 2.98. The number of rotatable bonds is 3. The Balaban J connectivity index is 0. The first-order valence-corrected chi connectivity index (χ1v) is 2.98. The predicted molar refractivity (Wildman–Crippen MR) is 38.6 cm³/mol. The van der Waals surface area contributed by atoms with Crippen molar-refractivity contribution in [2.75, 3.05) is 6.61 Å². The normalized spacial score (nSPS) is 10.8. The van der Waals surface area contributed by atoms with Crippen LogP contribution in [0.1, 0.15) is 13.8 Å². The minimum absolute atomic E-state index is 0.125. The summed E-state index contributed by atoms with van der Waals surface area (Å²) in [6.45, 7) is 5.03. The van der Waals surface area contributed by atoms with Crippen LogP contribution in [0.5, 0.6) is 0 Å². The molecule has 0 aliphatic rings. The lowest BCUT2D eigenvalue weighted by atomic mass is 10.5. The molecule has 0 saturated heterocycles. The van der Waals surface area contributed by atoms with Crippen LogP contribution in [0.2, 0.25) is 0 Å². The van der Waals surface area contributed by atoms with E-state index in [1.807, 2.05) is 6.79 Å². The third-order valence-electron chi connectivity index (χ3n) is 0.540. The van der Waals surface area contributed by atoms with Crippen molar-refractivity contribution in [1.29, 1.82) is 0 Å². The fourth-order valence-corrected chi connectivity index (χ4v) is 0.264. The molecule has 0 spiro atoms. The summed E-state index contributed by atoms with van der Waals surface area (Å²) in [7, 11) is 0. The van der Waals surface area contributed by atoms with E-state index in [0.29, 0.717) is 0 Å². The van der Waals surface area contributed by atoms with Gasteiger partial charge < -0.3 is 9.90 Å². The van der Waals surface area contributed by atoms with Crippen LogP contribution in [0, 0.1) is 0 Å². The largest absolute Gasteiger partial charge is 0.391 e. The van der Waals surface area contributed by atoms with Crippen LogP contribution in [0.3, 0.4) is 0 Å². The second-order valence-corrected chi connectivity index (χ2v) is 1.82. The van der Waals surface area contributed by atoms with Gasteiger partial charge in [-0.1, -0.05) is 0 Å². The number of hydrogen-bond donors (Lipinski definition) is 2. The molecule has 0 aromatic carbocycles. The zero-order chi connectivity index (χ0) is 9.28. The molecule has 2 N–H and O–H groups in total. The number of aliphatic hydroxyl groups is 1. The van der Waals surface area contributed by atoms with E-state index < -0.39 is 6.10 Å². The molecule has 1 unspecified atom stereocenters. The number of aliphatic hydroxyl groups excluding tert-OH is 1. The van der Waals surface area contributed by atoms with Gasteiger partial charge in [0.1, 0.15) is 13.4 Å². The maximum absolute atomic E-state index is 10.1. The minimum atomic E-state index is -0.545. The highest BCUT2D eigenvalue weighted by Gasteiger charge is 1.94. The summed E-state index contributed by atoms with van der Waals surface area (Å²) in [5.41, 5.74) is 2.08. The summed E-state index contributed by atoms with van der Waals surface area (Å²) >= 11 is 0. The summed E-state index contributed by atoms with van der Waals surface area (Å²) in [5, 5.41) is 8.59. The smallest absolute Gasteiger partial charge is 0.240 e. The molecule has 0 aromatic heterocycles. The molecule has 0 saturated carbocycles. The van der Waals surface area contributed by atoms with Gasteiger partial charge in [-0.2, -0.15) is 0 Å². The Morgan fingerprint density at radius 2 is 2.18 bits per heavy atom. The number of carbonyl (C=O) groups is 2. The molecule has 5 nitrogen and oxygen atoms in total. The first-order chi connectivity index (χ1) is 5.13. The number of hydrogen-bond acceptors (Lipinski definition) is 4. The van der Waals surface area contributed by atoms with E-state index in [1.165, 1.54) is 6.92 Å². The van der Waals surface area contributed by atoms with Gasteiger partial charge in [0.05, 0.1) is 6.10 Å². The lowest BCUT2D eigenvalue weighted by molar-refractivity contribution is -0.133. The Labute approximate surface area is 65.3 Å². The van der Waals surface area contributed by atoms with E-state index in [2.05, 4.69) is 10.3 Å². The summed E-state index contributed by atoms with van der Waals surface area (Å²) in [4.78, 5) is 22.6. The van der Waals surface area contributed by atoms with Gasteiger partial charge in [-0.3, -0.25) is 9.63 Å². The van der Waals surface area contributed by atoms with Gasteiger partial charge in [0, 0.05) is 6.92 Å². The van der Waals surface area contributed by atoms with Crippen LogP contribution >= 0.6 is 0 Å². The van der Waals surface area contributed by atoms with E-state index in [9.17, 15) is 4.79 Å². The Morgan fingerprint density at radius 3 is 2.45 bits per heavy atom. The van der Waals surface area contributed by atoms with Crippen LogP contribution in [-0.4, -0.2) is 30.5 Å². The quantitative estimate of drug-likeness (QED) is 0.537. The lowest BCUT2D eigenvalue weighted by Crippen LogP contribution is -2.24. The van der Waals surface area contributed by atoms with Crippen LogP contribution in [-0.2, 0) is 14.4 Å². The van der Waals surface area contributed by atoms with E-state index in [-0.39, 0.29) is 12.5 Å². The van der Waals surface area contributed by atoms with Gasteiger partial charge in [0.25, 0.3) is 0 Å². The van der Waals surface area contributed by atoms with Crippen molar-refractivity contribution in [1.82, 2.24) is 5.48 Å². The molecule has 0 rings (SSSR count). The fourth-order valence-electron chi connectivity index (χ4n) is 0.264. The van der Waals surface area contributed by atoms with Crippen LogP contribution < -0.4 is 5.48 Å². The molecule has 0 fully saturated rings. The average molecular weight is 163 g/mol. The minimum Gasteiger partial charge on any atom is -0.391 e. The summed E-state index contributed by atoms with van der Waals surface area (Å²) in [6, 6.07) is 0. The molecule has 0 bridgehead atoms. The first kappa shape index (κ1) is 12.7. The lowest BCUT2D eigenvalue weighted by Gasteiger charge is -2.03. The van der Waals surface area contributed by atoms with Gasteiger partial charge >= 0.3 is 0 Å². The Morgan fingerprint density at radius 1 is 1.73 bits per heavy atom. The molecule has 0 aliphatic heterocycles. The van der Waals surface area contributed by atoms with E-state index in [1.54, 1.807) is 6.92 Å². The van der Waals surface area contributed by atoms with Crippen LogP contribution in [0.4, 0.5) is 0 Å². The van der Waals surface area contributed by atoms with E-state index in [0.717, 1.165) is 0 Å². The number of carbonyl (C=O) groups excluding carboxylic acids is 2. The maximum Gasteiger partial charge on any atom is 0.240 e. The highest BCUT2D eigenvalue weighted by Crippen LogP contribution is 1.77. The van der Waals surface area contributed by atoms with Crippen molar-refractivity contribution < 1.29 is 19.5 Å². The van der Waals surface area contributed by atoms with Crippen molar-refractivity contribution in [3.05, 3.63) is 0 Å². The van der Waals surface area contributed by atoms with E-state index in [4.69, 9.17) is 9.90 Å². The highest BCUT2D eigenvalue weighted by molar-refractivity contribution is 5.71. The number of amides is 1. The Bertz CT molecular complexity index is 105. The zero-order valence-corrected chi connectivity index (χ0v) is 6.66.